The van der Waals surface area contributed by atoms with Crippen molar-refractivity contribution in [2.75, 3.05) is 6.61 Å². The van der Waals surface area contributed by atoms with Crippen LogP contribution in [0.25, 0.3) is 0 Å². The molecule has 1 amide bonds. The van der Waals surface area contributed by atoms with Gasteiger partial charge < -0.3 is 15.5 Å². The molecule has 0 unspecified atom stereocenters. The second kappa shape index (κ2) is 4.78. The predicted molar refractivity (Wildman–Crippen MR) is 69.4 cm³/mol. The lowest BCUT2D eigenvalue weighted by atomic mass is 9.82. The first-order valence-electron chi connectivity index (χ1n) is 7.00. The third-order valence-electron chi connectivity index (χ3n) is 4.88. The fourth-order valence-electron chi connectivity index (χ4n) is 3.48. The van der Waals surface area contributed by atoms with Gasteiger partial charge in [0.05, 0.1) is 24.0 Å². The fraction of sp³-hybridized carbons (Fsp3) is 0.857. The topological polar surface area (TPSA) is 86.6 Å². The Hall–Kier alpha value is -1.10. The molecule has 3 N–H and O–H groups in total. The number of amides is 1. The highest BCUT2D eigenvalue weighted by atomic mass is 16.4. The van der Waals surface area contributed by atoms with Crippen molar-refractivity contribution in [2.45, 2.75) is 51.5 Å². The van der Waals surface area contributed by atoms with Crippen LogP contribution in [0.15, 0.2) is 0 Å². The van der Waals surface area contributed by atoms with Crippen molar-refractivity contribution < 1.29 is 19.8 Å². The van der Waals surface area contributed by atoms with E-state index in [9.17, 15) is 14.7 Å². The number of aliphatic hydroxyl groups excluding tert-OH is 1. The van der Waals surface area contributed by atoms with E-state index in [1.54, 1.807) is 0 Å². The van der Waals surface area contributed by atoms with Gasteiger partial charge >= 0.3 is 5.97 Å². The smallest absolute Gasteiger partial charge is 0.307 e. The van der Waals surface area contributed by atoms with Gasteiger partial charge in [-0.25, -0.2) is 0 Å². The first kappa shape index (κ1) is 14.3. The minimum atomic E-state index is -0.910. The zero-order valence-electron chi connectivity index (χ0n) is 11.6. The number of hydrogen-bond acceptors (Lipinski definition) is 3. The van der Waals surface area contributed by atoms with Crippen LogP contribution in [0.3, 0.4) is 0 Å². The van der Waals surface area contributed by atoms with Crippen molar-refractivity contribution >= 4 is 11.9 Å². The van der Waals surface area contributed by atoms with Crippen LogP contribution in [-0.2, 0) is 9.59 Å². The van der Waals surface area contributed by atoms with E-state index >= 15 is 0 Å². The molecule has 0 aromatic heterocycles. The Balaban J connectivity index is 2.03. The molecule has 0 aromatic rings. The second-order valence-electron chi connectivity index (χ2n) is 6.60. The number of carboxylic acid groups (broad SMARTS) is 1. The Morgan fingerprint density at radius 2 is 1.74 bits per heavy atom. The normalized spacial score (nSPS) is 31.5. The summed E-state index contributed by atoms with van der Waals surface area (Å²) in [6.07, 6.45) is 4.68. The first-order valence-corrected chi connectivity index (χ1v) is 7.00. The molecule has 0 radical (unpaired) electrons. The summed E-state index contributed by atoms with van der Waals surface area (Å²) in [6.45, 7) is 3.55. The lowest BCUT2D eigenvalue weighted by molar-refractivity contribution is -0.140. The number of aliphatic carboxylic acids is 1. The maximum Gasteiger partial charge on any atom is 0.307 e. The molecule has 2 saturated carbocycles. The number of hydrogen-bond donors (Lipinski definition) is 3. The molecule has 2 atom stereocenters. The quantitative estimate of drug-likeness (QED) is 0.714. The van der Waals surface area contributed by atoms with E-state index in [2.05, 4.69) is 5.32 Å². The minimum Gasteiger partial charge on any atom is -0.481 e. The highest BCUT2D eigenvalue weighted by Crippen LogP contribution is 2.58. The summed E-state index contributed by atoms with van der Waals surface area (Å²) in [7, 11) is 0. The maximum atomic E-state index is 12.3. The van der Waals surface area contributed by atoms with Crippen LogP contribution >= 0.6 is 0 Å². The van der Waals surface area contributed by atoms with Gasteiger partial charge in [-0.15, -0.1) is 0 Å². The predicted octanol–water partition coefficient (Wildman–Crippen LogP) is 1.15. The van der Waals surface area contributed by atoms with Crippen LogP contribution < -0.4 is 5.32 Å². The number of carboxylic acids is 1. The molecule has 0 saturated heterocycles. The average Bonchev–Trinajstić information content (AvgIpc) is 2.94. The molecule has 5 heteroatoms. The van der Waals surface area contributed by atoms with Crippen molar-refractivity contribution in [3.8, 4) is 0 Å². The minimum absolute atomic E-state index is 0.0658. The van der Waals surface area contributed by atoms with Gasteiger partial charge in [-0.1, -0.05) is 33.1 Å². The molecule has 0 heterocycles. The summed E-state index contributed by atoms with van der Waals surface area (Å²) < 4.78 is 0. The first-order chi connectivity index (χ1) is 8.84. The monoisotopic (exact) mass is 269 g/mol. The molecule has 2 aliphatic carbocycles. The van der Waals surface area contributed by atoms with E-state index in [0.29, 0.717) is 0 Å². The lowest BCUT2D eigenvalue weighted by Crippen LogP contribution is -2.53. The van der Waals surface area contributed by atoms with Crippen molar-refractivity contribution in [3.63, 3.8) is 0 Å². The summed E-state index contributed by atoms with van der Waals surface area (Å²) in [6, 6.07) is 0. The Labute approximate surface area is 113 Å². The second-order valence-corrected chi connectivity index (χ2v) is 6.60. The molecule has 2 fully saturated rings. The van der Waals surface area contributed by atoms with Gasteiger partial charge in [0.25, 0.3) is 0 Å². The van der Waals surface area contributed by atoms with Crippen molar-refractivity contribution in [1.82, 2.24) is 5.32 Å². The Morgan fingerprint density at radius 1 is 1.16 bits per heavy atom. The zero-order valence-corrected chi connectivity index (χ0v) is 11.6. The molecule has 19 heavy (non-hydrogen) atoms. The molecule has 2 aliphatic rings. The van der Waals surface area contributed by atoms with E-state index in [-0.39, 0.29) is 12.5 Å². The van der Waals surface area contributed by atoms with E-state index in [4.69, 9.17) is 5.11 Å². The SMILES string of the molecule is CC1(C)[C@H](C(=O)O)[C@@H]1C(=O)NC1(CO)CCCCC1. The highest BCUT2D eigenvalue weighted by molar-refractivity contribution is 5.92. The molecule has 0 aromatic carbocycles. The van der Waals surface area contributed by atoms with Crippen LogP contribution in [-0.4, -0.2) is 34.2 Å². The number of nitrogens with one attached hydrogen (secondary N) is 1. The Morgan fingerprint density at radius 3 is 2.16 bits per heavy atom. The number of aliphatic hydroxyl groups is 1. The molecular formula is C14H23NO4. The van der Waals surface area contributed by atoms with Crippen LogP contribution in [0.5, 0.6) is 0 Å². The molecule has 5 nitrogen and oxygen atoms in total. The maximum absolute atomic E-state index is 12.3. The van der Waals surface area contributed by atoms with Gasteiger partial charge in [-0.3, -0.25) is 9.59 Å². The summed E-state index contributed by atoms with van der Waals surface area (Å²) in [5.74, 6) is -2.21. The van der Waals surface area contributed by atoms with Crippen molar-refractivity contribution in [1.29, 1.82) is 0 Å². The van der Waals surface area contributed by atoms with Crippen molar-refractivity contribution in [2.24, 2.45) is 17.3 Å². The van der Waals surface area contributed by atoms with Gasteiger partial charge in [-0.05, 0) is 18.3 Å². The van der Waals surface area contributed by atoms with Gasteiger partial charge in [0.15, 0.2) is 0 Å². The van der Waals surface area contributed by atoms with Crippen LogP contribution in [0.2, 0.25) is 0 Å². The number of carbonyl (C=O) groups is 2. The fourth-order valence-corrected chi connectivity index (χ4v) is 3.48. The summed E-state index contributed by atoms with van der Waals surface area (Å²) >= 11 is 0. The Kier molecular flexibility index (Phi) is 3.60. The average molecular weight is 269 g/mol. The van der Waals surface area contributed by atoms with Crippen molar-refractivity contribution in [3.05, 3.63) is 0 Å². The third kappa shape index (κ3) is 2.48. The van der Waals surface area contributed by atoms with Gasteiger partial charge in [0.2, 0.25) is 5.91 Å². The van der Waals surface area contributed by atoms with E-state index < -0.39 is 28.8 Å². The number of rotatable bonds is 4. The standard InChI is InChI=1S/C14H23NO4/c1-13(2)9(10(13)12(18)19)11(17)15-14(8-16)6-4-3-5-7-14/h9-10,16H,3-8H2,1-2H3,(H,15,17)(H,18,19)/t9-,10+/m1/s1. The largest absolute Gasteiger partial charge is 0.481 e. The molecular weight excluding hydrogens is 246 g/mol. The van der Waals surface area contributed by atoms with E-state index in [1.807, 2.05) is 13.8 Å². The molecule has 0 aliphatic heterocycles. The van der Waals surface area contributed by atoms with E-state index in [1.165, 1.54) is 0 Å². The van der Waals surface area contributed by atoms with Crippen LogP contribution in [0, 0.1) is 17.3 Å². The Bertz CT molecular complexity index is 385. The zero-order chi connectivity index (χ0) is 14.3. The third-order valence-corrected chi connectivity index (χ3v) is 4.88. The molecule has 0 bridgehead atoms. The van der Waals surface area contributed by atoms with Gasteiger partial charge in [0.1, 0.15) is 0 Å². The lowest BCUT2D eigenvalue weighted by Gasteiger charge is -2.36. The summed E-state index contributed by atoms with van der Waals surface area (Å²) in [5, 5.41) is 21.6. The molecule has 0 spiro atoms. The van der Waals surface area contributed by atoms with E-state index in [0.717, 1.165) is 32.1 Å². The summed E-state index contributed by atoms with van der Waals surface area (Å²) in [4.78, 5) is 23.4. The highest BCUT2D eigenvalue weighted by Gasteiger charge is 2.66. The van der Waals surface area contributed by atoms with Gasteiger partial charge in [0, 0.05) is 0 Å². The van der Waals surface area contributed by atoms with Crippen LogP contribution in [0.4, 0.5) is 0 Å². The number of carbonyl (C=O) groups excluding carboxylic acids is 1. The molecule has 108 valence electrons. The van der Waals surface area contributed by atoms with Gasteiger partial charge in [-0.2, -0.15) is 0 Å². The molecule has 2 rings (SSSR count). The van der Waals surface area contributed by atoms with Crippen LogP contribution in [0.1, 0.15) is 46.0 Å². The summed E-state index contributed by atoms with van der Waals surface area (Å²) in [5.41, 5.74) is -1.02.